The summed E-state index contributed by atoms with van der Waals surface area (Å²) < 4.78 is 0. The van der Waals surface area contributed by atoms with E-state index in [1.165, 1.54) is 16.7 Å². The fraction of sp³-hybridized carbons (Fsp3) is 0.353. The van der Waals surface area contributed by atoms with Gasteiger partial charge >= 0.3 is 5.97 Å². The van der Waals surface area contributed by atoms with Crippen LogP contribution in [-0.4, -0.2) is 45.0 Å². The molecule has 2 heterocycles. The van der Waals surface area contributed by atoms with Gasteiger partial charge in [-0.05, 0) is 29.7 Å². The van der Waals surface area contributed by atoms with Crippen LogP contribution in [0.2, 0.25) is 0 Å². The summed E-state index contributed by atoms with van der Waals surface area (Å²) >= 11 is 1.48. The summed E-state index contributed by atoms with van der Waals surface area (Å²) in [4.78, 5) is 37.4. The summed E-state index contributed by atoms with van der Waals surface area (Å²) in [6.45, 7) is 1.87. The van der Waals surface area contributed by atoms with Crippen molar-refractivity contribution in [3.05, 3.63) is 41.1 Å². The number of nitrogen functional groups attached to an aromatic ring is 1. The number of carboxylic acid groups (broad SMARTS) is 1. The van der Waals surface area contributed by atoms with Crippen LogP contribution in [0.1, 0.15) is 18.9 Å². The summed E-state index contributed by atoms with van der Waals surface area (Å²) in [5.74, 6) is -1.18. The van der Waals surface area contributed by atoms with Gasteiger partial charge in [0.25, 0.3) is 5.91 Å². The van der Waals surface area contributed by atoms with Crippen molar-refractivity contribution in [3.63, 3.8) is 0 Å². The summed E-state index contributed by atoms with van der Waals surface area (Å²) in [6.07, 6.45) is 0.725. The normalized spacial score (nSPS) is 22.3. The standard InChI is InChI=1S/C17H19N3O4S/c1-2-10-8-25-16-13(15(22)20(16)14(10)17(23)24)19-12(21)7-9-3-5-11(18)6-4-9/h3-6,13,16H,2,7-8,18H2,1H3,(H,19,21)(H,23,24)/t13?,16-/m1/s1. The van der Waals surface area contributed by atoms with Crippen molar-refractivity contribution in [3.8, 4) is 0 Å². The van der Waals surface area contributed by atoms with E-state index in [-0.39, 0.29) is 29.3 Å². The minimum atomic E-state index is -1.10. The molecule has 2 aliphatic heterocycles. The van der Waals surface area contributed by atoms with E-state index in [0.29, 0.717) is 17.9 Å². The van der Waals surface area contributed by atoms with Gasteiger partial charge in [0.05, 0.1) is 6.42 Å². The second-order valence-corrected chi connectivity index (χ2v) is 7.09. The third kappa shape index (κ3) is 3.21. The summed E-state index contributed by atoms with van der Waals surface area (Å²) in [5.41, 5.74) is 7.84. The monoisotopic (exact) mass is 361 g/mol. The first kappa shape index (κ1) is 17.3. The third-order valence-electron chi connectivity index (χ3n) is 4.34. The van der Waals surface area contributed by atoms with Crippen molar-refractivity contribution in [2.24, 2.45) is 0 Å². The second-order valence-electron chi connectivity index (χ2n) is 5.98. The van der Waals surface area contributed by atoms with Gasteiger partial charge in [-0.3, -0.25) is 14.5 Å². The number of nitrogens with two attached hydrogens (primary N) is 1. The van der Waals surface area contributed by atoms with Crippen molar-refractivity contribution < 1.29 is 19.5 Å². The van der Waals surface area contributed by atoms with Crippen LogP contribution < -0.4 is 11.1 Å². The molecule has 1 aromatic rings. The Hall–Kier alpha value is -2.48. The first-order valence-electron chi connectivity index (χ1n) is 7.96. The number of carboxylic acids is 1. The average molecular weight is 361 g/mol. The maximum absolute atomic E-state index is 12.4. The molecule has 0 bridgehead atoms. The topological polar surface area (TPSA) is 113 Å². The molecule has 132 valence electrons. The Kier molecular flexibility index (Phi) is 4.71. The molecular weight excluding hydrogens is 342 g/mol. The number of aliphatic carboxylic acids is 1. The lowest BCUT2D eigenvalue weighted by molar-refractivity contribution is -0.150. The number of benzene rings is 1. The largest absolute Gasteiger partial charge is 0.477 e. The van der Waals surface area contributed by atoms with E-state index >= 15 is 0 Å². The van der Waals surface area contributed by atoms with Gasteiger partial charge in [0, 0.05) is 11.4 Å². The van der Waals surface area contributed by atoms with Crippen molar-refractivity contribution in [2.45, 2.75) is 31.2 Å². The lowest BCUT2D eigenvalue weighted by Crippen LogP contribution is -2.70. The van der Waals surface area contributed by atoms with Crippen LogP contribution >= 0.6 is 11.8 Å². The zero-order valence-electron chi connectivity index (χ0n) is 13.7. The lowest BCUT2D eigenvalue weighted by atomic mass is 10.0. The highest BCUT2D eigenvalue weighted by Crippen LogP contribution is 2.41. The van der Waals surface area contributed by atoms with Gasteiger partial charge < -0.3 is 16.2 Å². The van der Waals surface area contributed by atoms with Crippen LogP contribution in [0.3, 0.4) is 0 Å². The number of carbonyl (C=O) groups excluding carboxylic acids is 2. The van der Waals surface area contributed by atoms with Crippen LogP contribution in [0.4, 0.5) is 5.69 Å². The molecule has 8 heteroatoms. The van der Waals surface area contributed by atoms with Crippen LogP contribution in [0.15, 0.2) is 35.5 Å². The van der Waals surface area contributed by atoms with Gasteiger partial charge in [-0.15, -0.1) is 11.8 Å². The number of β-lactam (4-membered cyclic amide) rings is 1. The highest BCUT2D eigenvalue weighted by Gasteiger charge is 2.53. The van der Waals surface area contributed by atoms with E-state index < -0.39 is 12.0 Å². The molecule has 2 atom stereocenters. The SMILES string of the molecule is CCC1=C(C(=O)O)N2C(=O)C(NC(=O)Cc3ccc(N)cc3)[C@H]2SC1. The molecule has 1 saturated heterocycles. The molecule has 1 aromatic carbocycles. The number of thioether (sulfide) groups is 1. The molecular formula is C17H19N3O4S. The van der Waals surface area contributed by atoms with Gasteiger partial charge in [0.15, 0.2) is 0 Å². The Labute approximate surface area is 149 Å². The summed E-state index contributed by atoms with van der Waals surface area (Å²) in [7, 11) is 0. The Morgan fingerprint density at radius 1 is 1.36 bits per heavy atom. The van der Waals surface area contributed by atoms with E-state index in [9.17, 15) is 19.5 Å². The molecule has 1 fully saturated rings. The number of nitrogens with zero attached hydrogens (tertiary/aromatic N) is 1. The van der Waals surface area contributed by atoms with E-state index in [4.69, 9.17) is 5.73 Å². The number of amides is 2. The Balaban J connectivity index is 1.67. The number of carbonyl (C=O) groups is 3. The van der Waals surface area contributed by atoms with E-state index in [1.54, 1.807) is 24.3 Å². The zero-order valence-corrected chi connectivity index (χ0v) is 14.5. The summed E-state index contributed by atoms with van der Waals surface area (Å²) in [5, 5.41) is 11.8. The molecule has 0 aliphatic carbocycles. The number of nitrogens with one attached hydrogen (secondary N) is 1. The maximum Gasteiger partial charge on any atom is 0.352 e. The first-order chi connectivity index (χ1) is 11.9. The molecule has 2 amide bonds. The minimum absolute atomic E-state index is 0.0697. The van der Waals surface area contributed by atoms with Gasteiger partial charge in [0.2, 0.25) is 5.91 Å². The molecule has 0 radical (unpaired) electrons. The molecule has 25 heavy (non-hydrogen) atoms. The highest BCUT2D eigenvalue weighted by molar-refractivity contribution is 8.00. The lowest BCUT2D eigenvalue weighted by Gasteiger charge is -2.49. The molecule has 7 nitrogen and oxygen atoms in total. The average Bonchev–Trinajstić information content (AvgIpc) is 2.60. The highest BCUT2D eigenvalue weighted by atomic mass is 32.2. The van der Waals surface area contributed by atoms with Crippen LogP contribution in [-0.2, 0) is 20.8 Å². The fourth-order valence-corrected chi connectivity index (χ4v) is 4.45. The second kappa shape index (κ2) is 6.79. The maximum atomic E-state index is 12.4. The van der Waals surface area contributed by atoms with E-state index in [1.807, 2.05) is 6.92 Å². The van der Waals surface area contributed by atoms with E-state index in [0.717, 1.165) is 11.1 Å². The number of hydrogen-bond acceptors (Lipinski definition) is 5. The molecule has 3 rings (SSSR count). The summed E-state index contributed by atoms with van der Waals surface area (Å²) in [6, 6.07) is 6.27. The Bertz CT molecular complexity index is 760. The van der Waals surface area contributed by atoms with Crippen molar-refractivity contribution in [1.29, 1.82) is 0 Å². The number of fused-ring (bicyclic) bond motifs is 1. The van der Waals surface area contributed by atoms with Gasteiger partial charge in [0.1, 0.15) is 17.1 Å². The van der Waals surface area contributed by atoms with E-state index in [2.05, 4.69) is 5.32 Å². The van der Waals surface area contributed by atoms with Crippen molar-refractivity contribution >= 4 is 35.2 Å². The van der Waals surface area contributed by atoms with Crippen molar-refractivity contribution in [2.75, 3.05) is 11.5 Å². The first-order valence-corrected chi connectivity index (χ1v) is 9.01. The Morgan fingerprint density at radius 3 is 2.64 bits per heavy atom. The van der Waals surface area contributed by atoms with Gasteiger partial charge in [-0.1, -0.05) is 19.1 Å². The van der Waals surface area contributed by atoms with Crippen LogP contribution in [0.25, 0.3) is 0 Å². The smallest absolute Gasteiger partial charge is 0.352 e. The predicted octanol–water partition coefficient (Wildman–Crippen LogP) is 0.960. The molecule has 0 saturated carbocycles. The van der Waals surface area contributed by atoms with Crippen LogP contribution in [0.5, 0.6) is 0 Å². The Morgan fingerprint density at radius 2 is 2.04 bits per heavy atom. The number of anilines is 1. The molecule has 2 aliphatic rings. The number of hydrogen-bond donors (Lipinski definition) is 3. The number of rotatable bonds is 5. The third-order valence-corrected chi connectivity index (χ3v) is 5.68. The minimum Gasteiger partial charge on any atom is -0.477 e. The zero-order chi connectivity index (χ0) is 18.1. The van der Waals surface area contributed by atoms with Crippen LogP contribution in [0, 0.1) is 0 Å². The fourth-order valence-electron chi connectivity index (χ4n) is 3.00. The van der Waals surface area contributed by atoms with Crippen molar-refractivity contribution in [1.82, 2.24) is 10.2 Å². The molecule has 4 N–H and O–H groups in total. The molecule has 0 spiro atoms. The van der Waals surface area contributed by atoms with Gasteiger partial charge in [-0.2, -0.15) is 0 Å². The van der Waals surface area contributed by atoms with Gasteiger partial charge in [-0.25, -0.2) is 4.79 Å². The molecule has 0 aromatic heterocycles. The molecule has 1 unspecified atom stereocenters. The predicted molar refractivity (Wildman–Crippen MR) is 94.5 cm³/mol. The quantitative estimate of drug-likeness (QED) is 0.532.